The van der Waals surface area contributed by atoms with Gasteiger partial charge in [0.25, 0.3) is 0 Å². The van der Waals surface area contributed by atoms with Crippen LogP contribution in [0.4, 0.5) is 5.69 Å². The average molecular weight is 410 g/mol. The quantitative estimate of drug-likeness (QED) is 0.678. The summed E-state index contributed by atoms with van der Waals surface area (Å²) < 4.78 is 16.8. The van der Waals surface area contributed by atoms with Gasteiger partial charge in [0.15, 0.2) is 11.5 Å². The summed E-state index contributed by atoms with van der Waals surface area (Å²) in [7, 11) is 1.74. The van der Waals surface area contributed by atoms with E-state index in [4.69, 9.17) is 19.9 Å². The molecule has 0 saturated carbocycles. The van der Waals surface area contributed by atoms with Gasteiger partial charge in [-0.15, -0.1) is 0 Å². The van der Waals surface area contributed by atoms with Crippen LogP contribution >= 0.6 is 0 Å². The molecule has 5 rings (SSSR count). The van der Waals surface area contributed by atoms with E-state index in [0.717, 1.165) is 47.2 Å². The Bertz CT molecular complexity index is 963. The van der Waals surface area contributed by atoms with E-state index in [1.165, 1.54) is 18.5 Å². The number of hydrogen-bond donors (Lipinski definition) is 2. The third-order valence-corrected chi connectivity index (χ3v) is 5.83. The largest absolute Gasteiger partial charge is 0.495 e. The van der Waals surface area contributed by atoms with E-state index in [2.05, 4.69) is 28.9 Å². The van der Waals surface area contributed by atoms with E-state index in [1.807, 2.05) is 36.5 Å². The third-order valence-electron chi connectivity index (χ3n) is 5.83. The lowest BCUT2D eigenvalue weighted by molar-refractivity contribution is 0.0990. The average Bonchev–Trinajstić information content (AvgIpc) is 3.29. The van der Waals surface area contributed by atoms with Gasteiger partial charge in [-0.1, -0.05) is 19.1 Å². The Morgan fingerprint density at radius 3 is 2.70 bits per heavy atom. The van der Waals surface area contributed by atoms with Crippen molar-refractivity contribution in [2.75, 3.05) is 38.3 Å². The van der Waals surface area contributed by atoms with E-state index in [9.17, 15) is 0 Å². The minimum absolute atomic E-state index is 0.0435. The summed E-state index contributed by atoms with van der Waals surface area (Å²) in [4.78, 5) is 5.57. The molecule has 0 radical (unpaired) electrons. The van der Waals surface area contributed by atoms with E-state index in [0.29, 0.717) is 13.2 Å². The first-order chi connectivity index (χ1) is 14.7. The topological polar surface area (TPSA) is 72.7 Å². The molecule has 0 amide bonds. The molecule has 3 N–H and O–H groups in total. The zero-order valence-electron chi connectivity index (χ0n) is 17.8. The van der Waals surface area contributed by atoms with Gasteiger partial charge in [0.1, 0.15) is 18.5 Å². The van der Waals surface area contributed by atoms with Gasteiger partial charge in [0.05, 0.1) is 12.8 Å². The van der Waals surface area contributed by atoms with Crippen LogP contribution in [-0.4, -0.2) is 44.4 Å². The summed E-state index contributed by atoms with van der Waals surface area (Å²) in [6.07, 6.45) is 4.43. The predicted octanol–water partition coefficient (Wildman–Crippen LogP) is 4.20. The molecule has 1 atom stereocenters. The van der Waals surface area contributed by atoms with Gasteiger partial charge < -0.3 is 29.8 Å². The Morgan fingerprint density at radius 1 is 1.13 bits per heavy atom. The second-order valence-corrected chi connectivity index (χ2v) is 7.96. The van der Waals surface area contributed by atoms with Crippen molar-refractivity contribution in [3.05, 3.63) is 48.7 Å². The molecule has 2 aromatic carbocycles. The number of aromatic nitrogens is 1. The number of H-pyrrole nitrogens is 1. The first kappa shape index (κ1) is 20.4. The summed E-state index contributed by atoms with van der Waals surface area (Å²) in [5.41, 5.74) is 7.86. The number of piperidine rings is 1. The minimum Gasteiger partial charge on any atom is -0.495 e. The fraction of sp³-hybridized carbons (Fsp3) is 0.417. The summed E-state index contributed by atoms with van der Waals surface area (Å²) in [6.45, 7) is 5.64. The first-order valence-electron chi connectivity index (χ1n) is 10.7. The van der Waals surface area contributed by atoms with E-state index >= 15 is 0 Å². The monoisotopic (exact) mass is 409 g/mol. The zero-order chi connectivity index (χ0) is 20.9. The van der Waals surface area contributed by atoms with Crippen LogP contribution in [0.1, 0.15) is 19.8 Å². The van der Waals surface area contributed by atoms with Crippen molar-refractivity contribution in [1.82, 2.24) is 4.98 Å². The second-order valence-electron chi connectivity index (χ2n) is 7.96. The number of rotatable bonds is 3. The van der Waals surface area contributed by atoms with Gasteiger partial charge >= 0.3 is 0 Å². The Balaban J connectivity index is 0.000000145. The molecule has 6 heteroatoms. The molecule has 30 heavy (non-hydrogen) atoms. The molecular formula is C24H31N3O3. The zero-order valence-corrected chi connectivity index (χ0v) is 17.8. The second kappa shape index (κ2) is 9.30. The van der Waals surface area contributed by atoms with Crippen molar-refractivity contribution in [2.24, 2.45) is 11.7 Å². The van der Waals surface area contributed by atoms with Crippen molar-refractivity contribution >= 4 is 16.6 Å². The van der Waals surface area contributed by atoms with Gasteiger partial charge in [-0.3, -0.25) is 0 Å². The Hall–Kier alpha value is -2.86. The highest BCUT2D eigenvalue weighted by atomic mass is 16.6. The number of nitrogens with zero attached hydrogens (tertiary/aromatic N) is 1. The van der Waals surface area contributed by atoms with Crippen molar-refractivity contribution in [2.45, 2.75) is 25.9 Å². The van der Waals surface area contributed by atoms with Gasteiger partial charge in [-0.25, -0.2) is 0 Å². The number of hydrogen-bond acceptors (Lipinski definition) is 5. The van der Waals surface area contributed by atoms with Crippen LogP contribution in [0.15, 0.2) is 48.7 Å². The maximum absolute atomic E-state index is 5.78. The van der Waals surface area contributed by atoms with Crippen LogP contribution in [0, 0.1) is 5.92 Å². The highest BCUT2D eigenvalue weighted by molar-refractivity contribution is 5.88. The molecule has 0 bridgehead atoms. The van der Waals surface area contributed by atoms with Crippen LogP contribution in [-0.2, 0) is 0 Å². The van der Waals surface area contributed by atoms with Gasteiger partial charge in [0, 0.05) is 36.7 Å². The van der Waals surface area contributed by atoms with Crippen LogP contribution in [0.2, 0.25) is 0 Å². The normalized spacial score (nSPS) is 18.6. The number of aromatic amines is 1. The lowest BCUT2D eigenvalue weighted by Gasteiger charge is -2.32. The predicted molar refractivity (Wildman–Crippen MR) is 121 cm³/mol. The number of benzene rings is 2. The Labute approximate surface area is 177 Å². The standard InChI is InChI=1S/C13H19NO.C11H12N2O2/c1-11-7-9-14(10-8-11)12-5-3-4-6-13(12)15-2;12-5-7-6-14-10-2-1-9-8(3-4-13-9)11(10)15-7/h3-6,11H,7-10H2,1-2H3;1-4,7,13H,5-6,12H2. The molecule has 1 unspecified atom stereocenters. The molecule has 1 aromatic heterocycles. The van der Waals surface area contributed by atoms with Crippen LogP contribution in [0.25, 0.3) is 10.9 Å². The van der Waals surface area contributed by atoms with Crippen LogP contribution in [0.3, 0.4) is 0 Å². The number of ether oxygens (including phenoxy) is 3. The van der Waals surface area contributed by atoms with Crippen molar-refractivity contribution in [3.8, 4) is 17.2 Å². The van der Waals surface area contributed by atoms with Crippen molar-refractivity contribution < 1.29 is 14.2 Å². The molecule has 2 aliphatic heterocycles. The number of nitrogens with two attached hydrogens (primary N) is 1. The lowest BCUT2D eigenvalue weighted by atomic mass is 9.99. The lowest BCUT2D eigenvalue weighted by Crippen LogP contribution is -2.35. The molecule has 0 spiro atoms. The molecule has 3 aromatic rings. The highest BCUT2D eigenvalue weighted by Crippen LogP contribution is 2.38. The number of para-hydroxylation sites is 2. The van der Waals surface area contributed by atoms with E-state index in [-0.39, 0.29) is 6.10 Å². The van der Waals surface area contributed by atoms with Crippen molar-refractivity contribution in [3.63, 3.8) is 0 Å². The smallest absolute Gasteiger partial charge is 0.171 e. The third kappa shape index (κ3) is 4.33. The number of anilines is 1. The number of nitrogens with one attached hydrogen (secondary N) is 1. The maximum Gasteiger partial charge on any atom is 0.171 e. The Morgan fingerprint density at radius 2 is 1.93 bits per heavy atom. The molecule has 3 heterocycles. The summed E-state index contributed by atoms with van der Waals surface area (Å²) in [6, 6.07) is 14.2. The highest BCUT2D eigenvalue weighted by Gasteiger charge is 2.22. The van der Waals surface area contributed by atoms with Crippen LogP contribution in [0.5, 0.6) is 17.2 Å². The SMILES string of the molecule is COc1ccccc1N1CCC(C)CC1.NCC1COc2ccc3[nH]ccc3c2O1. The van der Waals surface area contributed by atoms with Gasteiger partial charge in [0.2, 0.25) is 0 Å². The molecule has 2 aliphatic rings. The molecule has 160 valence electrons. The fourth-order valence-electron chi connectivity index (χ4n) is 3.96. The van der Waals surface area contributed by atoms with E-state index < -0.39 is 0 Å². The molecule has 0 aliphatic carbocycles. The first-order valence-corrected chi connectivity index (χ1v) is 10.7. The van der Waals surface area contributed by atoms with Gasteiger partial charge in [-0.2, -0.15) is 0 Å². The van der Waals surface area contributed by atoms with Crippen LogP contribution < -0.4 is 24.8 Å². The van der Waals surface area contributed by atoms with Crippen molar-refractivity contribution in [1.29, 1.82) is 0 Å². The molecule has 1 saturated heterocycles. The number of fused-ring (bicyclic) bond motifs is 3. The van der Waals surface area contributed by atoms with Gasteiger partial charge in [-0.05, 0) is 49.1 Å². The molecule has 6 nitrogen and oxygen atoms in total. The molecular weight excluding hydrogens is 378 g/mol. The maximum atomic E-state index is 5.78. The Kier molecular flexibility index (Phi) is 6.33. The summed E-state index contributed by atoms with van der Waals surface area (Å²) in [5.74, 6) is 3.46. The summed E-state index contributed by atoms with van der Waals surface area (Å²) in [5, 5.41) is 1.05. The fourth-order valence-corrected chi connectivity index (χ4v) is 3.96. The molecule has 1 fully saturated rings. The number of methoxy groups -OCH3 is 1. The summed E-state index contributed by atoms with van der Waals surface area (Å²) >= 11 is 0. The van der Waals surface area contributed by atoms with E-state index in [1.54, 1.807) is 7.11 Å². The minimum atomic E-state index is -0.0435.